The second-order valence-corrected chi connectivity index (χ2v) is 10.2. The molecule has 0 aromatic heterocycles. The maximum absolute atomic E-state index is 13.0. The van der Waals surface area contributed by atoms with E-state index in [1.807, 2.05) is 6.92 Å². The molecule has 0 aliphatic carbocycles. The normalized spacial score (nSPS) is 27.0. The number of carbonyl (C=O) groups excluding carboxylic acids is 1. The molecule has 2 heterocycles. The number of nitrogens with zero attached hydrogens (tertiary/aromatic N) is 2. The molecule has 156 valence electrons. The van der Waals surface area contributed by atoms with E-state index in [0.717, 1.165) is 19.3 Å². The molecule has 28 heavy (non-hydrogen) atoms. The smallest absolute Gasteiger partial charge is 0.253 e. The number of ether oxygens (including phenoxy) is 1. The Kier molecular flexibility index (Phi) is 6.78. The van der Waals surface area contributed by atoms with Gasteiger partial charge in [0.25, 0.3) is 5.91 Å². The number of amides is 1. The Morgan fingerprint density at radius 3 is 2.36 bits per heavy atom. The third-order valence-electron chi connectivity index (χ3n) is 5.64. The van der Waals surface area contributed by atoms with E-state index in [9.17, 15) is 13.2 Å². The van der Waals surface area contributed by atoms with E-state index in [0.29, 0.717) is 50.2 Å². The zero-order valence-electron chi connectivity index (χ0n) is 17.1. The van der Waals surface area contributed by atoms with Gasteiger partial charge in [0.1, 0.15) is 0 Å². The molecule has 6 nitrogen and oxygen atoms in total. The van der Waals surface area contributed by atoms with Crippen LogP contribution in [0.3, 0.4) is 0 Å². The van der Waals surface area contributed by atoms with E-state index in [2.05, 4.69) is 13.8 Å². The Hall–Kier alpha value is -1.44. The molecule has 2 fully saturated rings. The van der Waals surface area contributed by atoms with Crippen LogP contribution in [0.15, 0.2) is 29.2 Å². The number of likely N-dealkylation sites (tertiary alicyclic amines) is 1. The topological polar surface area (TPSA) is 66.9 Å². The van der Waals surface area contributed by atoms with Gasteiger partial charge in [0.2, 0.25) is 10.0 Å². The summed E-state index contributed by atoms with van der Waals surface area (Å²) in [5, 5.41) is 0. The van der Waals surface area contributed by atoms with Crippen LogP contribution in [-0.4, -0.2) is 62.4 Å². The number of sulfonamides is 1. The highest BCUT2D eigenvalue weighted by atomic mass is 32.2. The summed E-state index contributed by atoms with van der Waals surface area (Å²) in [6, 6.07) is 6.40. The van der Waals surface area contributed by atoms with Crippen molar-refractivity contribution in [1.29, 1.82) is 0 Å². The van der Waals surface area contributed by atoms with Crippen LogP contribution in [0.25, 0.3) is 0 Å². The van der Waals surface area contributed by atoms with E-state index in [-0.39, 0.29) is 16.9 Å². The van der Waals surface area contributed by atoms with Gasteiger partial charge in [-0.3, -0.25) is 4.79 Å². The van der Waals surface area contributed by atoms with E-state index >= 15 is 0 Å². The first kappa shape index (κ1) is 21.3. The molecule has 0 bridgehead atoms. The van der Waals surface area contributed by atoms with Crippen LogP contribution in [0.2, 0.25) is 0 Å². The SMILES string of the molecule is CCOC1CCCN(C(=O)c2ccc(S(=O)(=O)N3CC(C)CC(C)C3)cc2)C1. The summed E-state index contributed by atoms with van der Waals surface area (Å²) in [5.41, 5.74) is 0.525. The molecular weight excluding hydrogens is 376 g/mol. The first-order valence-electron chi connectivity index (χ1n) is 10.3. The van der Waals surface area contributed by atoms with Crippen LogP contribution in [0.1, 0.15) is 50.4 Å². The Labute approximate surface area is 168 Å². The highest BCUT2D eigenvalue weighted by Crippen LogP contribution is 2.27. The maximum atomic E-state index is 13.0. The van der Waals surface area contributed by atoms with E-state index in [1.54, 1.807) is 33.5 Å². The average molecular weight is 409 g/mol. The molecule has 0 saturated carbocycles. The van der Waals surface area contributed by atoms with Crippen molar-refractivity contribution in [1.82, 2.24) is 9.21 Å². The Morgan fingerprint density at radius 1 is 1.11 bits per heavy atom. The minimum Gasteiger partial charge on any atom is -0.377 e. The second-order valence-electron chi connectivity index (χ2n) is 8.26. The van der Waals surface area contributed by atoms with E-state index in [1.165, 1.54) is 0 Å². The summed E-state index contributed by atoms with van der Waals surface area (Å²) in [6.45, 7) is 9.21. The van der Waals surface area contributed by atoms with Crippen molar-refractivity contribution in [3.8, 4) is 0 Å². The van der Waals surface area contributed by atoms with Crippen LogP contribution >= 0.6 is 0 Å². The van der Waals surface area contributed by atoms with E-state index in [4.69, 9.17) is 4.74 Å². The van der Waals surface area contributed by atoms with Crippen molar-refractivity contribution in [2.45, 2.75) is 51.0 Å². The monoisotopic (exact) mass is 408 g/mol. The molecule has 0 spiro atoms. The third-order valence-corrected chi connectivity index (χ3v) is 7.49. The lowest BCUT2D eigenvalue weighted by atomic mass is 9.94. The van der Waals surface area contributed by atoms with Gasteiger partial charge >= 0.3 is 0 Å². The van der Waals surface area contributed by atoms with Gasteiger partial charge < -0.3 is 9.64 Å². The summed E-state index contributed by atoms with van der Waals surface area (Å²) in [5.74, 6) is 0.655. The lowest BCUT2D eigenvalue weighted by Gasteiger charge is -2.34. The van der Waals surface area contributed by atoms with Crippen molar-refractivity contribution < 1.29 is 17.9 Å². The molecule has 3 atom stereocenters. The summed E-state index contributed by atoms with van der Waals surface area (Å²) >= 11 is 0. The maximum Gasteiger partial charge on any atom is 0.253 e. The van der Waals surface area contributed by atoms with Crippen molar-refractivity contribution in [2.24, 2.45) is 11.8 Å². The Balaban J connectivity index is 1.71. The zero-order valence-corrected chi connectivity index (χ0v) is 18.0. The minimum atomic E-state index is -3.52. The largest absolute Gasteiger partial charge is 0.377 e. The van der Waals surface area contributed by atoms with Gasteiger partial charge in [0.05, 0.1) is 11.0 Å². The summed E-state index contributed by atoms with van der Waals surface area (Å²) in [6.07, 6.45) is 3.04. The number of rotatable bonds is 5. The van der Waals surface area contributed by atoms with Gasteiger partial charge in [0.15, 0.2) is 0 Å². The molecule has 7 heteroatoms. The van der Waals surface area contributed by atoms with Crippen LogP contribution in [0.5, 0.6) is 0 Å². The van der Waals surface area contributed by atoms with Crippen molar-refractivity contribution >= 4 is 15.9 Å². The zero-order chi connectivity index (χ0) is 20.3. The van der Waals surface area contributed by atoms with Gasteiger partial charge in [-0.1, -0.05) is 13.8 Å². The molecule has 0 radical (unpaired) electrons. The third kappa shape index (κ3) is 4.75. The van der Waals surface area contributed by atoms with Gasteiger partial charge in [-0.15, -0.1) is 0 Å². The number of hydrogen-bond acceptors (Lipinski definition) is 4. The molecule has 3 unspecified atom stereocenters. The number of piperidine rings is 2. The van der Waals surface area contributed by atoms with Gasteiger partial charge in [-0.25, -0.2) is 8.42 Å². The molecule has 2 aliphatic heterocycles. The fourth-order valence-electron chi connectivity index (χ4n) is 4.40. The molecule has 2 aliphatic rings. The molecule has 1 aromatic rings. The molecule has 0 N–H and O–H groups in total. The van der Waals surface area contributed by atoms with Crippen molar-refractivity contribution in [2.75, 3.05) is 32.8 Å². The standard InChI is InChI=1S/C21H32N2O4S/c1-4-27-19-6-5-11-22(15-19)21(24)18-7-9-20(10-8-18)28(25,26)23-13-16(2)12-17(3)14-23/h7-10,16-17,19H,4-6,11-15H2,1-3H3. The minimum absolute atomic E-state index is 0.0615. The van der Waals surface area contributed by atoms with Crippen molar-refractivity contribution in [3.05, 3.63) is 29.8 Å². The number of benzene rings is 1. The predicted molar refractivity (Wildman–Crippen MR) is 109 cm³/mol. The molecule has 1 amide bonds. The van der Waals surface area contributed by atoms with Gasteiger partial charge in [-0.05, 0) is 62.3 Å². The second kappa shape index (κ2) is 8.93. The Morgan fingerprint density at radius 2 is 1.75 bits per heavy atom. The summed E-state index contributed by atoms with van der Waals surface area (Å²) in [7, 11) is -3.52. The Bertz CT molecular complexity index is 766. The highest BCUT2D eigenvalue weighted by Gasteiger charge is 2.32. The fourth-order valence-corrected chi connectivity index (χ4v) is 6.08. The molecular formula is C21H32N2O4S. The summed E-state index contributed by atoms with van der Waals surface area (Å²) in [4.78, 5) is 14.9. The van der Waals surface area contributed by atoms with Crippen molar-refractivity contribution in [3.63, 3.8) is 0 Å². The van der Waals surface area contributed by atoms with E-state index < -0.39 is 10.0 Å². The fraction of sp³-hybridized carbons (Fsp3) is 0.667. The van der Waals surface area contributed by atoms with Crippen LogP contribution in [0.4, 0.5) is 0 Å². The van der Waals surface area contributed by atoms with Crippen LogP contribution in [0, 0.1) is 11.8 Å². The first-order valence-corrected chi connectivity index (χ1v) is 11.8. The van der Waals surface area contributed by atoms with Gasteiger partial charge in [0, 0.05) is 38.3 Å². The molecule has 1 aromatic carbocycles. The number of hydrogen-bond donors (Lipinski definition) is 0. The number of carbonyl (C=O) groups is 1. The molecule has 2 saturated heterocycles. The lowest BCUT2D eigenvalue weighted by Crippen LogP contribution is -2.43. The summed E-state index contributed by atoms with van der Waals surface area (Å²) < 4.78 is 33.2. The van der Waals surface area contributed by atoms with Gasteiger partial charge in [-0.2, -0.15) is 4.31 Å². The lowest BCUT2D eigenvalue weighted by molar-refractivity contribution is 0.00724. The predicted octanol–water partition coefficient (Wildman–Crippen LogP) is 2.99. The average Bonchev–Trinajstić information content (AvgIpc) is 2.67. The van der Waals surface area contributed by atoms with Crippen LogP contribution < -0.4 is 0 Å². The van der Waals surface area contributed by atoms with Crippen LogP contribution in [-0.2, 0) is 14.8 Å². The highest BCUT2D eigenvalue weighted by molar-refractivity contribution is 7.89. The molecule has 3 rings (SSSR count). The first-order chi connectivity index (χ1) is 13.3. The quantitative estimate of drug-likeness (QED) is 0.751.